The van der Waals surface area contributed by atoms with Crippen LogP contribution in [0.15, 0.2) is 52.4 Å². The number of pyridine rings is 1. The van der Waals surface area contributed by atoms with Gasteiger partial charge in [-0.1, -0.05) is 48.4 Å². The van der Waals surface area contributed by atoms with Gasteiger partial charge in [-0.2, -0.15) is 4.98 Å². The first-order valence-corrected chi connectivity index (χ1v) is 10.8. The van der Waals surface area contributed by atoms with E-state index in [2.05, 4.69) is 25.3 Å². The molecule has 1 atom stereocenters. The van der Waals surface area contributed by atoms with Crippen LogP contribution >= 0.6 is 23.4 Å². The molecule has 0 aliphatic carbocycles. The molecule has 1 aromatic carbocycles. The second kappa shape index (κ2) is 8.57. The third-order valence-electron chi connectivity index (χ3n) is 4.66. The smallest absolute Gasteiger partial charge is 0.239 e. The van der Waals surface area contributed by atoms with Gasteiger partial charge in [0.1, 0.15) is 0 Å². The van der Waals surface area contributed by atoms with Crippen molar-refractivity contribution in [2.24, 2.45) is 0 Å². The van der Waals surface area contributed by atoms with E-state index in [-0.39, 0.29) is 11.2 Å². The number of rotatable bonds is 6. The number of thioether (sulfide) groups is 1. The van der Waals surface area contributed by atoms with Gasteiger partial charge in [-0.25, -0.2) is 0 Å². The van der Waals surface area contributed by atoms with E-state index in [0.29, 0.717) is 27.7 Å². The molecule has 0 radical (unpaired) electrons. The average Bonchev–Trinajstić information content (AvgIpc) is 3.39. The summed E-state index contributed by atoms with van der Waals surface area (Å²) in [5.74, 6) is 2.18. The topological polar surface area (TPSA) is 82.5 Å². The van der Waals surface area contributed by atoms with Crippen LogP contribution in [-0.4, -0.2) is 29.9 Å². The van der Waals surface area contributed by atoms with Crippen LogP contribution in [0.3, 0.4) is 0 Å². The summed E-state index contributed by atoms with van der Waals surface area (Å²) in [4.78, 5) is 8.62. The largest absolute Gasteiger partial charge is 0.338 e. The molecule has 0 N–H and O–H groups in total. The molecular formula is C21H21ClN6OS. The number of nitrogens with zero attached hydrogens (tertiary/aromatic N) is 6. The van der Waals surface area contributed by atoms with Gasteiger partial charge in [0, 0.05) is 28.9 Å². The minimum atomic E-state index is -0.0993. The third kappa shape index (κ3) is 3.97. The first-order valence-electron chi connectivity index (χ1n) is 9.57. The second-order valence-electron chi connectivity index (χ2n) is 7.17. The number of hydrogen-bond donors (Lipinski definition) is 0. The molecule has 30 heavy (non-hydrogen) atoms. The zero-order valence-electron chi connectivity index (χ0n) is 17.1. The number of halogens is 1. The van der Waals surface area contributed by atoms with E-state index in [1.54, 1.807) is 12.4 Å². The van der Waals surface area contributed by atoms with Crippen molar-refractivity contribution in [2.75, 3.05) is 0 Å². The van der Waals surface area contributed by atoms with Crippen molar-refractivity contribution in [2.45, 2.75) is 44.0 Å². The molecule has 0 aliphatic heterocycles. The van der Waals surface area contributed by atoms with Gasteiger partial charge in [0.2, 0.25) is 5.89 Å². The Morgan fingerprint density at radius 2 is 1.83 bits per heavy atom. The second-order valence-corrected chi connectivity index (χ2v) is 8.88. The van der Waals surface area contributed by atoms with Crippen LogP contribution in [0.1, 0.15) is 49.2 Å². The van der Waals surface area contributed by atoms with E-state index >= 15 is 0 Å². The summed E-state index contributed by atoms with van der Waals surface area (Å²) >= 11 is 7.92. The molecular weight excluding hydrogens is 420 g/mol. The summed E-state index contributed by atoms with van der Waals surface area (Å²) in [6, 6.07) is 9.62. The lowest BCUT2D eigenvalue weighted by atomic mass is 10.2. The van der Waals surface area contributed by atoms with Gasteiger partial charge in [-0.15, -0.1) is 10.2 Å². The highest BCUT2D eigenvalue weighted by Crippen LogP contribution is 2.37. The van der Waals surface area contributed by atoms with E-state index in [4.69, 9.17) is 16.1 Å². The Hall–Kier alpha value is -2.71. The minimum Gasteiger partial charge on any atom is -0.338 e. The van der Waals surface area contributed by atoms with Crippen molar-refractivity contribution in [3.8, 4) is 17.1 Å². The van der Waals surface area contributed by atoms with Crippen molar-refractivity contribution in [1.29, 1.82) is 0 Å². The fourth-order valence-corrected chi connectivity index (χ4v) is 4.01. The highest BCUT2D eigenvalue weighted by molar-refractivity contribution is 7.99. The number of hydrogen-bond acceptors (Lipinski definition) is 7. The van der Waals surface area contributed by atoms with Crippen LogP contribution in [0, 0.1) is 6.92 Å². The predicted octanol–water partition coefficient (Wildman–Crippen LogP) is 5.65. The molecule has 7 nitrogen and oxygen atoms in total. The Morgan fingerprint density at radius 3 is 2.53 bits per heavy atom. The van der Waals surface area contributed by atoms with E-state index < -0.39 is 0 Å². The van der Waals surface area contributed by atoms with Crippen LogP contribution in [0.2, 0.25) is 5.02 Å². The lowest BCUT2D eigenvalue weighted by Crippen LogP contribution is -2.03. The van der Waals surface area contributed by atoms with Crippen molar-refractivity contribution < 1.29 is 4.52 Å². The fraction of sp³-hybridized carbons (Fsp3) is 0.286. The zero-order chi connectivity index (χ0) is 21.3. The molecule has 0 saturated carbocycles. The zero-order valence-corrected chi connectivity index (χ0v) is 18.6. The van der Waals surface area contributed by atoms with Crippen LogP contribution in [-0.2, 0) is 0 Å². The molecule has 3 heterocycles. The van der Waals surface area contributed by atoms with Gasteiger partial charge in [-0.3, -0.25) is 9.55 Å². The summed E-state index contributed by atoms with van der Waals surface area (Å²) in [5, 5.41) is 14.3. The third-order valence-corrected chi connectivity index (χ3v) is 6.10. The standard InChI is InChI=1S/C21H21ClN6OS/c1-12(2)18-24-20(29-27-18)14(4)30-21-26-25-19(15-8-10-23-11-9-15)28(21)17-7-5-6-16(22)13(17)3/h5-12,14H,1-4H3/t14-/m1/s1. The average molecular weight is 441 g/mol. The van der Waals surface area contributed by atoms with Crippen molar-refractivity contribution >= 4 is 23.4 Å². The maximum atomic E-state index is 6.41. The highest BCUT2D eigenvalue weighted by Gasteiger charge is 2.23. The first-order chi connectivity index (χ1) is 14.5. The molecule has 0 fully saturated rings. The minimum absolute atomic E-state index is 0.0993. The first kappa shape index (κ1) is 20.6. The molecule has 0 saturated heterocycles. The molecule has 154 valence electrons. The summed E-state index contributed by atoms with van der Waals surface area (Å²) < 4.78 is 7.48. The summed E-state index contributed by atoms with van der Waals surface area (Å²) in [7, 11) is 0. The maximum Gasteiger partial charge on any atom is 0.239 e. The van der Waals surface area contributed by atoms with Gasteiger partial charge in [-0.05, 0) is 43.7 Å². The molecule has 9 heteroatoms. The van der Waals surface area contributed by atoms with Crippen molar-refractivity contribution in [3.63, 3.8) is 0 Å². The fourth-order valence-electron chi connectivity index (χ4n) is 2.95. The summed E-state index contributed by atoms with van der Waals surface area (Å²) in [6.07, 6.45) is 3.47. The maximum absolute atomic E-state index is 6.41. The molecule has 3 aromatic heterocycles. The van der Waals surface area contributed by atoms with Gasteiger partial charge in [0.05, 0.1) is 10.9 Å². The predicted molar refractivity (Wildman–Crippen MR) is 117 cm³/mol. The quantitative estimate of drug-likeness (QED) is 0.358. The number of aromatic nitrogens is 6. The normalized spacial score (nSPS) is 12.5. The van der Waals surface area contributed by atoms with Gasteiger partial charge < -0.3 is 4.52 Å². The molecule has 0 amide bonds. The Labute approximate surface area is 183 Å². The molecule has 0 spiro atoms. The van der Waals surface area contributed by atoms with Crippen LogP contribution in [0.4, 0.5) is 0 Å². The molecule has 0 bridgehead atoms. The van der Waals surface area contributed by atoms with Crippen LogP contribution < -0.4 is 0 Å². The van der Waals surface area contributed by atoms with E-state index in [9.17, 15) is 0 Å². The molecule has 0 unspecified atom stereocenters. The molecule has 4 rings (SSSR count). The Kier molecular flexibility index (Phi) is 5.87. The lowest BCUT2D eigenvalue weighted by Gasteiger charge is -2.14. The van der Waals surface area contributed by atoms with Gasteiger partial charge >= 0.3 is 0 Å². The van der Waals surface area contributed by atoms with E-state index in [0.717, 1.165) is 16.8 Å². The Bertz CT molecular complexity index is 1160. The summed E-state index contributed by atoms with van der Waals surface area (Å²) in [5.41, 5.74) is 2.78. The van der Waals surface area contributed by atoms with Crippen LogP contribution in [0.5, 0.6) is 0 Å². The monoisotopic (exact) mass is 440 g/mol. The Balaban J connectivity index is 1.78. The molecule has 0 aliphatic rings. The lowest BCUT2D eigenvalue weighted by molar-refractivity contribution is 0.373. The van der Waals surface area contributed by atoms with Gasteiger partial charge in [0.15, 0.2) is 16.8 Å². The number of benzene rings is 1. The van der Waals surface area contributed by atoms with Crippen molar-refractivity contribution in [3.05, 3.63) is 65.0 Å². The highest BCUT2D eigenvalue weighted by atomic mass is 35.5. The van der Waals surface area contributed by atoms with E-state index in [1.807, 2.05) is 62.6 Å². The summed E-state index contributed by atoms with van der Waals surface area (Å²) in [6.45, 7) is 8.06. The van der Waals surface area contributed by atoms with Crippen LogP contribution in [0.25, 0.3) is 17.1 Å². The molecule has 4 aromatic rings. The SMILES string of the molecule is Cc1c(Cl)cccc1-n1c(S[C@H](C)c2nc(C(C)C)no2)nnc1-c1ccncc1. The Morgan fingerprint density at radius 1 is 1.07 bits per heavy atom. The van der Waals surface area contributed by atoms with E-state index in [1.165, 1.54) is 11.8 Å². The van der Waals surface area contributed by atoms with Crippen molar-refractivity contribution in [1.82, 2.24) is 29.9 Å². The van der Waals surface area contributed by atoms with Gasteiger partial charge in [0.25, 0.3) is 0 Å².